The lowest BCUT2D eigenvalue weighted by Crippen LogP contribution is -2.43. The van der Waals surface area contributed by atoms with Crippen LogP contribution in [-0.2, 0) is 4.74 Å². The fraction of sp³-hybridized carbons (Fsp3) is 0.625. The number of hydrogen-bond acceptors (Lipinski definition) is 7. The number of hydrogen-bond donors (Lipinski definition) is 0. The number of fused-ring (bicyclic) bond motifs is 3. The van der Waals surface area contributed by atoms with Crippen molar-refractivity contribution in [3.63, 3.8) is 0 Å². The van der Waals surface area contributed by atoms with E-state index in [1.807, 2.05) is 16.7 Å². The quantitative estimate of drug-likeness (QED) is 0.699. The number of nitrogens with zero attached hydrogens (tertiary/aromatic N) is 5. The Morgan fingerprint density at radius 3 is 3.09 bits per heavy atom. The van der Waals surface area contributed by atoms with Crippen LogP contribution in [0, 0.1) is 24.2 Å². The predicted octanol–water partition coefficient (Wildman–Crippen LogP) is 2.94. The van der Waals surface area contributed by atoms with Gasteiger partial charge in [0.15, 0.2) is 0 Å². The molecule has 4 aliphatic rings. The van der Waals surface area contributed by atoms with Gasteiger partial charge >= 0.3 is 6.01 Å². The van der Waals surface area contributed by atoms with Gasteiger partial charge in [0.25, 0.3) is 0 Å². The van der Waals surface area contributed by atoms with E-state index in [1.54, 1.807) is 12.1 Å². The Hall–Kier alpha value is -2.57. The second-order valence-electron chi connectivity index (χ2n) is 9.58. The standard InChI is InChI=1S/C24H27F2N5O2/c1-14-7-15(10-27)8-17-20(14)28-23(33-13-24-3-2-4-30(24)11-16(25)9-24)29-22(17)31-5-6-32-12-18-19(26)21(18)31/h7-8,16,18-19,21H,2-6,9,11-13H2,1H3/t16-,18+,19+,21+,24+/m1/s1/i13D2. The number of nitriles is 1. The van der Waals surface area contributed by atoms with Gasteiger partial charge in [-0.1, -0.05) is 0 Å². The third-order valence-corrected chi connectivity index (χ3v) is 7.47. The molecule has 9 heteroatoms. The average Bonchev–Trinajstić information content (AvgIpc) is 3.17. The van der Waals surface area contributed by atoms with Crippen molar-refractivity contribution in [2.75, 3.05) is 44.3 Å². The fourth-order valence-electron chi connectivity index (χ4n) is 5.79. The highest BCUT2D eigenvalue weighted by atomic mass is 19.1. The predicted molar refractivity (Wildman–Crippen MR) is 118 cm³/mol. The van der Waals surface area contributed by atoms with E-state index in [2.05, 4.69) is 16.0 Å². The van der Waals surface area contributed by atoms with Crippen LogP contribution in [-0.4, -0.2) is 78.2 Å². The summed E-state index contributed by atoms with van der Waals surface area (Å²) in [5.74, 6) is 0.140. The molecule has 0 bridgehead atoms. The van der Waals surface area contributed by atoms with E-state index >= 15 is 0 Å². The molecule has 1 aliphatic carbocycles. The lowest BCUT2D eigenvalue weighted by atomic mass is 9.95. The maximum Gasteiger partial charge on any atom is 0.319 e. The molecule has 7 nitrogen and oxygen atoms in total. The molecule has 3 saturated heterocycles. The molecule has 0 spiro atoms. The molecule has 0 unspecified atom stereocenters. The van der Waals surface area contributed by atoms with Gasteiger partial charge in [0.05, 0.1) is 44.7 Å². The van der Waals surface area contributed by atoms with E-state index < -0.39 is 30.5 Å². The summed E-state index contributed by atoms with van der Waals surface area (Å²) < 4.78 is 58.1. The summed E-state index contributed by atoms with van der Waals surface area (Å²) in [5, 5.41) is 10.1. The Morgan fingerprint density at radius 2 is 2.24 bits per heavy atom. The van der Waals surface area contributed by atoms with Gasteiger partial charge in [0.2, 0.25) is 0 Å². The minimum absolute atomic E-state index is 0.0573. The van der Waals surface area contributed by atoms with Gasteiger partial charge in [-0.25, -0.2) is 8.78 Å². The molecule has 2 aromatic rings. The van der Waals surface area contributed by atoms with Crippen molar-refractivity contribution in [3.8, 4) is 12.1 Å². The summed E-state index contributed by atoms with van der Waals surface area (Å²) in [6.45, 7) is 1.52. The van der Waals surface area contributed by atoms with E-state index in [1.165, 1.54) is 0 Å². The molecule has 33 heavy (non-hydrogen) atoms. The summed E-state index contributed by atoms with van der Waals surface area (Å²) in [6.07, 6.45) is -0.852. The Bertz CT molecular complexity index is 1230. The lowest BCUT2D eigenvalue weighted by molar-refractivity contribution is 0.107. The molecule has 6 rings (SSSR count). The smallest absolute Gasteiger partial charge is 0.319 e. The monoisotopic (exact) mass is 457 g/mol. The number of benzene rings is 1. The highest BCUT2D eigenvalue weighted by molar-refractivity contribution is 5.93. The second-order valence-corrected chi connectivity index (χ2v) is 9.58. The molecule has 174 valence electrons. The average molecular weight is 458 g/mol. The summed E-state index contributed by atoms with van der Waals surface area (Å²) in [6, 6.07) is 4.94. The van der Waals surface area contributed by atoms with Gasteiger partial charge in [0, 0.05) is 30.8 Å². The van der Waals surface area contributed by atoms with Gasteiger partial charge in [-0.15, -0.1) is 0 Å². The molecule has 1 saturated carbocycles. The molecule has 0 amide bonds. The minimum atomic E-state index is -2.23. The van der Waals surface area contributed by atoms with Gasteiger partial charge < -0.3 is 14.4 Å². The topological polar surface area (TPSA) is 74.5 Å². The van der Waals surface area contributed by atoms with Crippen molar-refractivity contribution < 1.29 is 21.0 Å². The lowest BCUT2D eigenvalue weighted by Gasteiger charge is -2.31. The van der Waals surface area contributed by atoms with Gasteiger partial charge in [-0.3, -0.25) is 4.90 Å². The molecule has 1 aromatic heterocycles. The highest BCUT2D eigenvalue weighted by Crippen LogP contribution is 2.45. The first-order chi connectivity index (χ1) is 16.7. The van der Waals surface area contributed by atoms with Crippen molar-refractivity contribution in [3.05, 3.63) is 23.3 Å². The van der Waals surface area contributed by atoms with Gasteiger partial charge in [0.1, 0.15) is 24.7 Å². The number of aryl methyl sites for hydroxylation is 1. The zero-order valence-corrected chi connectivity index (χ0v) is 18.4. The molecule has 4 fully saturated rings. The van der Waals surface area contributed by atoms with Crippen LogP contribution in [0.25, 0.3) is 10.9 Å². The molecule has 5 atom stereocenters. The number of rotatable bonds is 4. The van der Waals surface area contributed by atoms with E-state index in [0.29, 0.717) is 60.6 Å². The van der Waals surface area contributed by atoms with Crippen molar-refractivity contribution in [1.82, 2.24) is 14.9 Å². The SMILES string of the molecule is [2H]C([2H])(Oc1nc(N2CCOC[C@H]3[C@H](F)[C@H]32)c2cc(C#N)cc(C)c2n1)[C@@]12CCCN1C[C@H](F)C2. The van der Waals surface area contributed by atoms with Crippen LogP contribution in [0.5, 0.6) is 6.01 Å². The highest BCUT2D eigenvalue weighted by Gasteiger charge is 2.56. The van der Waals surface area contributed by atoms with E-state index in [0.717, 1.165) is 6.42 Å². The third kappa shape index (κ3) is 3.42. The molecule has 4 heterocycles. The molecule has 3 aliphatic heterocycles. The number of aromatic nitrogens is 2. The normalized spacial score (nSPS) is 34.8. The van der Waals surface area contributed by atoms with Crippen molar-refractivity contribution >= 4 is 16.7 Å². The van der Waals surface area contributed by atoms with Crippen LogP contribution < -0.4 is 9.64 Å². The van der Waals surface area contributed by atoms with Gasteiger partial charge in [-0.2, -0.15) is 15.2 Å². The first kappa shape index (κ1) is 18.8. The van der Waals surface area contributed by atoms with E-state index in [9.17, 15) is 14.0 Å². The number of ether oxygens (including phenoxy) is 2. The number of halogens is 2. The van der Waals surface area contributed by atoms with E-state index in [-0.39, 0.29) is 24.9 Å². The third-order valence-electron chi connectivity index (χ3n) is 7.47. The van der Waals surface area contributed by atoms with Crippen molar-refractivity contribution in [1.29, 1.82) is 5.26 Å². The Kier molecular flexibility index (Phi) is 4.41. The van der Waals surface area contributed by atoms with Crippen LogP contribution in [0.2, 0.25) is 0 Å². The molecule has 0 radical (unpaired) electrons. The zero-order valence-electron chi connectivity index (χ0n) is 20.4. The Balaban J connectivity index is 1.45. The Labute approximate surface area is 194 Å². The second kappa shape index (κ2) is 7.74. The van der Waals surface area contributed by atoms with Crippen LogP contribution in [0.15, 0.2) is 12.1 Å². The number of anilines is 1. The number of alkyl halides is 2. The van der Waals surface area contributed by atoms with Crippen molar-refractivity contribution in [2.24, 2.45) is 5.92 Å². The fourth-order valence-corrected chi connectivity index (χ4v) is 5.79. The van der Waals surface area contributed by atoms with Crippen LogP contribution >= 0.6 is 0 Å². The first-order valence-corrected chi connectivity index (χ1v) is 11.5. The zero-order chi connectivity index (χ0) is 24.5. The molecular formula is C24H27F2N5O2. The summed E-state index contributed by atoms with van der Waals surface area (Å²) in [4.78, 5) is 12.8. The largest absolute Gasteiger partial charge is 0.461 e. The van der Waals surface area contributed by atoms with Gasteiger partial charge in [-0.05, 0) is 44.0 Å². The summed E-state index contributed by atoms with van der Waals surface area (Å²) in [7, 11) is 0. The van der Waals surface area contributed by atoms with Crippen LogP contribution in [0.3, 0.4) is 0 Å². The molecule has 0 N–H and O–H groups in total. The Morgan fingerprint density at radius 1 is 1.36 bits per heavy atom. The molecule has 1 aromatic carbocycles. The maximum absolute atomic E-state index is 14.6. The minimum Gasteiger partial charge on any atom is -0.461 e. The molecular weight excluding hydrogens is 428 g/mol. The van der Waals surface area contributed by atoms with Crippen LogP contribution in [0.1, 0.15) is 33.1 Å². The van der Waals surface area contributed by atoms with Crippen molar-refractivity contribution in [2.45, 2.75) is 50.1 Å². The maximum atomic E-state index is 14.6. The first-order valence-electron chi connectivity index (χ1n) is 12.5. The summed E-state index contributed by atoms with van der Waals surface area (Å²) >= 11 is 0. The van der Waals surface area contributed by atoms with Crippen LogP contribution in [0.4, 0.5) is 14.6 Å². The van der Waals surface area contributed by atoms with E-state index in [4.69, 9.17) is 12.2 Å². The summed E-state index contributed by atoms with van der Waals surface area (Å²) in [5.41, 5.74) is 0.563.